The van der Waals surface area contributed by atoms with Crippen LogP contribution < -0.4 is 9.47 Å². The standard InChI is InChI=1S/C19H24N4O3S/c1-2-22(11-14-7-8-15-16(10-14)26-13-25-15)18(24)12-27-19-21-20-17-6-4-3-5-9-23(17)19/h7-8,10H,2-6,9,11-13H2,1H3. The van der Waals surface area contributed by atoms with Crippen LogP contribution in [0.15, 0.2) is 23.4 Å². The number of hydrogen-bond acceptors (Lipinski definition) is 6. The molecule has 0 atom stereocenters. The number of amides is 1. The summed E-state index contributed by atoms with van der Waals surface area (Å²) in [6.45, 7) is 4.43. The van der Waals surface area contributed by atoms with Crippen LogP contribution in [0.4, 0.5) is 0 Å². The molecule has 1 amide bonds. The Hall–Kier alpha value is -2.22. The van der Waals surface area contributed by atoms with Gasteiger partial charge in [-0.2, -0.15) is 0 Å². The van der Waals surface area contributed by atoms with E-state index in [0.29, 0.717) is 18.8 Å². The quantitative estimate of drug-likeness (QED) is 0.709. The van der Waals surface area contributed by atoms with Crippen molar-refractivity contribution in [2.24, 2.45) is 0 Å². The lowest BCUT2D eigenvalue weighted by Crippen LogP contribution is -2.31. The number of ether oxygens (including phenoxy) is 2. The molecule has 27 heavy (non-hydrogen) atoms. The second-order valence-corrected chi connectivity index (χ2v) is 7.69. The topological polar surface area (TPSA) is 69.5 Å². The highest BCUT2D eigenvalue weighted by Crippen LogP contribution is 2.33. The first-order valence-corrected chi connectivity index (χ1v) is 10.4. The highest BCUT2D eigenvalue weighted by Gasteiger charge is 2.19. The molecule has 0 saturated heterocycles. The van der Waals surface area contributed by atoms with Crippen LogP contribution in [0.1, 0.15) is 37.6 Å². The van der Waals surface area contributed by atoms with E-state index >= 15 is 0 Å². The van der Waals surface area contributed by atoms with Crippen molar-refractivity contribution in [1.82, 2.24) is 19.7 Å². The van der Waals surface area contributed by atoms with E-state index in [0.717, 1.165) is 47.4 Å². The molecule has 0 saturated carbocycles. The zero-order chi connectivity index (χ0) is 18.6. The Labute approximate surface area is 163 Å². The lowest BCUT2D eigenvalue weighted by molar-refractivity contribution is -0.128. The fourth-order valence-electron chi connectivity index (χ4n) is 3.42. The lowest BCUT2D eigenvalue weighted by atomic mass is 10.2. The van der Waals surface area contributed by atoms with Gasteiger partial charge in [0.25, 0.3) is 0 Å². The normalized spacial score (nSPS) is 15.3. The average molecular weight is 388 g/mol. The molecule has 7 nitrogen and oxygen atoms in total. The SMILES string of the molecule is CCN(Cc1ccc2c(c1)OCO2)C(=O)CSc1nnc2n1CCCCC2. The number of aryl methyl sites for hydroxylation is 1. The maximum atomic E-state index is 12.7. The van der Waals surface area contributed by atoms with Crippen LogP contribution in [0.5, 0.6) is 11.5 Å². The van der Waals surface area contributed by atoms with Gasteiger partial charge in [0.15, 0.2) is 16.7 Å². The van der Waals surface area contributed by atoms with E-state index in [9.17, 15) is 4.79 Å². The zero-order valence-corrected chi connectivity index (χ0v) is 16.3. The minimum atomic E-state index is 0.103. The number of aromatic nitrogens is 3. The van der Waals surface area contributed by atoms with Crippen molar-refractivity contribution in [3.05, 3.63) is 29.6 Å². The van der Waals surface area contributed by atoms with Crippen LogP contribution in [-0.4, -0.2) is 44.7 Å². The van der Waals surface area contributed by atoms with E-state index in [1.54, 1.807) is 0 Å². The first kappa shape index (κ1) is 18.2. The molecule has 0 aliphatic carbocycles. The number of hydrogen-bond donors (Lipinski definition) is 0. The zero-order valence-electron chi connectivity index (χ0n) is 15.5. The average Bonchev–Trinajstić information content (AvgIpc) is 3.24. The smallest absolute Gasteiger partial charge is 0.233 e. The molecule has 2 aliphatic heterocycles. The molecular weight excluding hydrogens is 364 g/mol. The first-order valence-electron chi connectivity index (χ1n) is 9.46. The summed E-state index contributed by atoms with van der Waals surface area (Å²) < 4.78 is 13.0. The predicted octanol–water partition coefficient (Wildman–Crippen LogP) is 2.87. The van der Waals surface area contributed by atoms with E-state index in [1.807, 2.05) is 30.0 Å². The third kappa shape index (κ3) is 4.05. The van der Waals surface area contributed by atoms with Crippen molar-refractivity contribution < 1.29 is 14.3 Å². The number of fused-ring (bicyclic) bond motifs is 2. The van der Waals surface area contributed by atoms with Gasteiger partial charge in [-0.25, -0.2) is 0 Å². The van der Waals surface area contributed by atoms with Gasteiger partial charge in [-0.3, -0.25) is 4.79 Å². The van der Waals surface area contributed by atoms with Crippen molar-refractivity contribution in [3.8, 4) is 11.5 Å². The summed E-state index contributed by atoms with van der Waals surface area (Å²) in [5, 5.41) is 9.46. The Bertz CT molecular complexity index is 823. The number of benzene rings is 1. The van der Waals surface area contributed by atoms with Crippen molar-refractivity contribution >= 4 is 17.7 Å². The molecule has 2 aromatic rings. The Morgan fingerprint density at radius 3 is 3.00 bits per heavy atom. The van der Waals surface area contributed by atoms with Gasteiger partial charge in [0.05, 0.1) is 5.75 Å². The number of carbonyl (C=O) groups excluding carboxylic acids is 1. The maximum Gasteiger partial charge on any atom is 0.233 e. The van der Waals surface area contributed by atoms with Crippen molar-refractivity contribution in [1.29, 1.82) is 0 Å². The fraction of sp³-hybridized carbons (Fsp3) is 0.526. The van der Waals surface area contributed by atoms with Gasteiger partial charge in [0.1, 0.15) is 5.82 Å². The number of nitrogens with zero attached hydrogens (tertiary/aromatic N) is 4. The van der Waals surface area contributed by atoms with Crippen molar-refractivity contribution in [2.75, 3.05) is 19.1 Å². The first-order chi connectivity index (χ1) is 13.2. The van der Waals surface area contributed by atoms with Crippen LogP contribution in [0.3, 0.4) is 0 Å². The molecule has 0 bridgehead atoms. The third-order valence-electron chi connectivity index (χ3n) is 4.95. The fourth-order valence-corrected chi connectivity index (χ4v) is 4.30. The van der Waals surface area contributed by atoms with Gasteiger partial charge in [-0.05, 0) is 37.5 Å². The summed E-state index contributed by atoms with van der Waals surface area (Å²) in [5.41, 5.74) is 1.04. The summed E-state index contributed by atoms with van der Waals surface area (Å²) in [4.78, 5) is 14.6. The van der Waals surface area contributed by atoms with Crippen molar-refractivity contribution in [2.45, 2.75) is 50.9 Å². The summed E-state index contributed by atoms with van der Waals surface area (Å²) in [6, 6.07) is 5.83. The van der Waals surface area contributed by atoms with Crippen LogP contribution in [0.2, 0.25) is 0 Å². The molecule has 1 aromatic carbocycles. The molecule has 4 rings (SSSR count). The second kappa shape index (κ2) is 8.21. The van der Waals surface area contributed by atoms with Gasteiger partial charge >= 0.3 is 0 Å². The second-order valence-electron chi connectivity index (χ2n) is 6.75. The van der Waals surface area contributed by atoms with Gasteiger partial charge in [0, 0.05) is 26.1 Å². The van der Waals surface area contributed by atoms with E-state index in [4.69, 9.17) is 9.47 Å². The van der Waals surface area contributed by atoms with Gasteiger partial charge in [-0.1, -0.05) is 24.2 Å². The maximum absolute atomic E-state index is 12.7. The molecule has 0 radical (unpaired) electrons. The van der Waals surface area contributed by atoms with Crippen molar-refractivity contribution in [3.63, 3.8) is 0 Å². The molecule has 0 spiro atoms. The highest BCUT2D eigenvalue weighted by atomic mass is 32.2. The minimum Gasteiger partial charge on any atom is -0.454 e. The molecule has 0 fully saturated rings. The van der Waals surface area contributed by atoms with Crippen LogP contribution in [0, 0.1) is 0 Å². The minimum absolute atomic E-state index is 0.103. The highest BCUT2D eigenvalue weighted by molar-refractivity contribution is 7.99. The summed E-state index contributed by atoms with van der Waals surface area (Å²) >= 11 is 1.49. The molecule has 0 unspecified atom stereocenters. The molecule has 8 heteroatoms. The summed E-state index contributed by atoms with van der Waals surface area (Å²) in [7, 11) is 0. The van der Waals surface area contributed by atoms with E-state index < -0.39 is 0 Å². The van der Waals surface area contributed by atoms with Crippen LogP contribution in [0.25, 0.3) is 0 Å². The number of thioether (sulfide) groups is 1. The molecular formula is C19H24N4O3S. The van der Waals surface area contributed by atoms with Gasteiger partial charge in [-0.15, -0.1) is 10.2 Å². The molecule has 3 heterocycles. The summed E-state index contributed by atoms with van der Waals surface area (Å²) in [5.74, 6) is 3.03. The van der Waals surface area contributed by atoms with E-state index in [-0.39, 0.29) is 12.7 Å². The van der Waals surface area contributed by atoms with Crippen LogP contribution in [-0.2, 0) is 24.3 Å². The largest absolute Gasteiger partial charge is 0.454 e. The number of carbonyl (C=O) groups is 1. The Morgan fingerprint density at radius 1 is 1.22 bits per heavy atom. The van der Waals surface area contributed by atoms with E-state index in [2.05, 4.69) is 14.8 Å². The third-order valence-corrected chi connectivity index (χ3v) is 5.90. The number of rotatable bonds is 6. The monoisotopic (exact) mass is 388 g/mol. The molecule has 2 aliphatic rings. The lowest BCUT2D eigenvalue weighted by Gasteiger charge is -2.21. The Morgan fingerprint density at radius 2 is 2.11 bits per heavy atom. The molecule has 1 aromatic heterocycles. The van der Waals surface area contributed by atoms with Crippen LogP contribution >= 0.6 is 11.8 Å². The Kier molecular flexibility index (Phi) is 5.52. The molecule has 144 valence electrons. The van der Waals surface area contributed by atoms with Gasteiger partial charge in [0.2, 0.25) is 12.7 Å². The predicted molar refractivity (Wildman–Crippen MR) is 102 cm³/mol. The summed E-state index contributed by atoms with van der Waals surface area (Å²) in [6.07, 6.45) is 4.52. The van der Waals surface area contributed by atoms with Gasteiger partial charge < -0.3 is 18.9 Å². The Balaban J connectivity index is 1.37. The molecule has 0 N–H and O–H groups in total. The van der Waals surface area contributed by atoms with E-state index in [1.165, 1.54) is 24.6 Å².